The van der Waals surface area contributed by atoms with Crippen molar-refractivity contribution in [3.05, 3.63) is 70.2 Å². The van der Waals surface area contributed by atoms with Gasteiger partial charge in [-0.25, -0.2) is 14.5 Å². The molecular formula is C20H21N5O4. The minimum absolute atomic E-state index is 0.00225. The molecule has 0 fully saturated rings. The number of nitrogens with one attached hydrogen (secondary N) is 1. The van der Waals surface area contributed by atoms with Crippen LogP contribution < -0.4 is 10.9 Å². The second kappa shape index (κ2) is 8.09. The molecule has 0 aliphatic rings. The number of aryl methyl sites for hydroxylation is 1. The minimum Gasteiger partial charge on any atom is -0.448 e. The second-order valence-corrected chi connectivity index (χ2v) is 6.52. The third-order valence-corrected chi connectivity index (χ3v) is 4.45. The maximum absolute atomic E-state index is 12.8. The molecule has 0 spiro atoms. The fourth-order valence-electron chi connectivity index (χ4n) is 2.71. The van der Waals surface area contributed by atoms with Gasteiger partial charge in [0.15, 0.2) is 11.8 Å². The summed E-state index contributed by atoms with van der Waals surface area (Å²) in [4.78, 5) is 45.4. The molecule has 3 rings (SSSR count). The summed E-state index contributed by atoms with van der Waals surface area (Å²) in [6.07, 6.45) is 1.58. The summed E-state index contributed by atoms with van der Waals surface area (Å²) in [6, 6.07) is 9.07. The topological polar surface area (TPSA) is 108 Å². The monoisotopic (exact) mass is 395 g/mol. The number of hydrogen-bond donors (Lipinski definition) is 1. The zero-order valence-corrected chi connectivity index (χ0v) is 16.5. The van der Waals surface area contributed by atoms with Crippen molar-refractivity contribution in [3.63, 3.8) is 0 Å². The summed E-state index contributed by atoms with van der Waals surface area (Å²) in [5, 5.41) is 2.57. The van der Waals surface area contributed by atoms with Crippen LogP contribution in [0.15, 0.2) is 47.5 Å². The van der Waals surface area contributed by atoms with E-state index in [0.717, 1.165) is 0 Å². The van der Waals surface area contributed by atoms with Crippen LogP contribution in [0.25, 0.3) is 5.69 Å². The molecule has 2 aromatic heterocycles. The maximum atomic E-state index is 12.8. The summed E-state index contributed by atoms with van der Waals surface area (Å²) >= 11 is 0. The number of para-hydroxylation sites is 1. The van der Waals surface area contributed by atoms with E-state index in [9.17, 15) is 14.4 Å². The van der Waals surface area contributed by atoms with E-state index < -0.39 is 18.0 Å². The molecule has 9 nitrogen and oxygen atoms in total. The average molecular weight is 395 g/mol. The molecule has 3 aromatic rings. The number of nitrogens with zero attached hydrogens (tertiary/aromatic N) is 4. The highest BCUT2D eigenvalue weighted by molar-refractivity contribution is 5.97. The first-order valence-electron chi connectivity index (χ1n) is 8.94. The summed E-state index contributed by atoms with van der Waals surface area (Å²) < 4.78 is 8.24. The van der Waals surface area contributed by atoms with Gasteiger partial charge in [0.05, 0.1) is 23.3 Å². The van der Waals surface area contributed by atoms with Crippen LogP contribution >= 0.6 is 0 Å². The molecule has 1 aromatic carbocycles. The lowest BCUT2D eigenvalue weighted by atomic mass is 10.3. The van der Waals surface area contributed by atoms with Crippen LogP contribution in [0.2, 0.25) is 0 Å². The minimum atomic E-state index is -1.13. The predicted octanol–water partition coefficient (Wildman–Crippen LogP) is 1.77. The van der Waals surface area contributed by atoms with Gasteiger partial charge < -0.3 is 10.1 Å². The van der Waals surface area contributed by atoms with Crippen molar-refractivity contribution in [3.8, 4) is 5.69 Å². The van der Waals surface area contributed by atoms with Crippen molar-refractivity contribution < 1.29 is 14.3 Å². The Morgan fingerprint density at radius 2 is 1.79 bits per heavy atom. The summed E-state index contributed by atoms with van der Waals surface area (Å²) in [5.41, 5.74) is 1.63. The van der Waals surface area contributed by atoms with E-state index in [-0.39, 0.29) is 16.9 Å². The number of carbonyl (C=O) groups excluding carboxylic acids is 2. The van der Waals surface area contributed by atoms with E-state index in [2.05, 4.69) is 15.3 Å². The van der Waals surface area contributed by atoms with Gasteiger partial charge in [0.2, 0.25) is 0 Å². The molecule has 0 saturated carbocycles. The number of benzene rings is 1. The van der Waals surface area contributed by atoms with E-state index >= 15 is 0 Å². The molecular weight excluding hydrogens is 374 g/mol. The van der Waals surface area contributed by atoms with Gasteiger partial charge in [0.1, 0.15) is 5.69 Å². The lowest BCUT2D eigenvalue weighted by Gasteiger charge is -2.12. The number of amides is 1. The van der Waals surface area contributed by atoms with Gasteiger partial charge in [0, 0.05) is 13.2 Å². The average Bonchev–Trinajstić information content (AvgIpc) is 2.92. The molecule has 0 aliphatic carbocycles. The lowest BCUT2D eigenvalue weighted by Crippen LogP contribution is -2.32. The van der Waals surface area contributed by atoms with Crippen LogP contribution in [0.3, 0.4) is 0 Å². The zero-order valence-electron chi connectivity index (χ0n) is 16.5. The van der Waals surface area contributed by atoms with E-state index in [1.54, 1.807) is 37.7 Å². The van der Waals surface area contributed by atoms with Crippen molar-refractivity contribution in [1.29, 1.82) is 0 Å². The Balaban J connectivity index is 1.77. The largest absolute Gasteiger partial charge is 0.448 e. The van der Waals surface area contributed by atoms with Crippen molar-refractivity contribution in [2.24, 2.45) is 7.05 Å². The van der Waals surface area contributed by atoms with Crippen LogP contribution in [-0.2, 0) is 16.6 Å². The van der Waals surface area contributed by atoms with Gasteiger partial charge >= 0.3 is 5.97 Å². The Morgan fingerprint density at radius 1 is 1.10 bits per heavy atom. The third kappa shape index (κ3) is 4.08. The van der Waals surface area contributed by atoms with Crippen molar-refractivity contribution >= 4 is 17.6 Å². The number of aromatic nitrogens is 4. The van der Waals surface area contributed by atoms with Gasteiger partial charge in [0.25, 0.3) is 11.5 Å². The Bertz CT molecular complexity index is 1100. The highest BCUT2D eigenvalue weighted by Gasteiger charge is 2.24. The first kappa shape index (κ1) is 20.0. The Labute approximate surface area is 167 Å². The Hall–Kier alpha value is -3.75. The summed E-state index contributed by atoms with van der Waals surface area (Å²) in [5.74, 6) is -1.39. The van der Waals surface area contributed by atoms with E-state index in [1.807, 2.05) is 18.2 Å². The van der Waals surface area contributed by atoms with E-state index in [4.69, 9.17) is 4.74 Å². The number of carbonyl (C=O) groups is 2. The predicted molar refractivity (Wildman–Crippen MR) is 106 cm³/mol. The van der Waals surface area contributed by atoms with Crippen LogP contribution in [-0.4, -0.2) is 37.3 Å². The SMILES string of the molecule is Cc1cnc(C(=O)O[C@@H](C)C(=O)Nc2c(C)n(C)n(-c3ccccc3)c2=O)cn1. The van der Waals surface area contributed by atoms with Crippen LogP contribution in [0.4, 0.5) is 5.69 Å². The third-order valence-electron chi connectivity index (χ3n) is 4.45. The number of esters is 1. The first-order chi connectivity index (χ1) is 13.8. The highest BCUT2D eigenvalue weighted by Crippen LogP contribution is 2.14. The number of anilines is 1. The molecule has 1 amide bonds. The Morgan fingerprint density at radius 3 is 2.41 bits per heavy atom. The van der Waals surface area contributed by atoms with Gasteiger partial charge in [-0.3, -0.25) is 19.3 Å². The normalized spacial score (nSPS) is 11.7. The van der Waals surface area contributed by atoms with Crippen molar-refractivity contribution in [2.45, 2.75) is 26.9 Å². The molecule has 0 saturated heterocycles. The summed E-state index contributed by atoms with van der Waals surface area (Å²) in [7, 11) is 1.72. The molecule has 0 unspecified atom stereocenters. The Kier molecular flexibility index (Phi) is 5.58. The summed E-state index contributed by atoms with van der Waals surface area (Å²) in [6.45, 7) is 4.88. The van der Waals surface area contributed by atoms with Crippen LogP contribution in [0.1, 0.15) is 28.8 Å². The van der Waals surface area contributed by atoms with Crippen molar-refractivity contribution in [1.82, 2.24) is 19.3 Å². The smallest absolute Gasteiger partial charge is 0.359 e. The van der Waals surface area contributed by atoms with E-state index in [1.165, 1.54) is 24.0 Å². The molecule has 0 bridgehead atoms. The molecule has 1 atom stereocenters. The van der Waals surface area contributed by atoms with Gasteiger partial charge in [-0.15, -0.1) is 0 Å². The van der Waals surface area contributed by atoms with Gasteiger partial charge in [-0.05, 0) is 32.9 Å². The van der Waals surface area contributed by atoms with Crippen molar-refractivity contribution in [2.75, 3.05) is 5.32 Å². The van der Waals surface area contributed by atoms with E-state index in [0.29, 0.717) is 17.1 Å². The van der Waals surface area contributed by atoms with Crippen LogP contribution in [0.5, 0.6) is 0 Å². The first-order valence-corrected chi connectivity index (χ1v) is 8.94. The quantitative estimate of drug-likeness (QED) is 0.660. The number of rotatable bonds is 5. The standard InChI is InChI=1S/C20H21N5O4/c1-12-10-22-16(11-21-12)20(28)29-14(3)18(26)23-17-13(2)24(4)25(19(17)27)15-8-6-5-7-9-15/h5-11,14H,1-4H3,(H,23,26)/t14-/m0/s1. The maximum Gasteiger partial charge on any atom is 0.359 e. The second-order valence-electron chi connectivity index (χ2n) is 6.52. The fraction of sp³-hybridized carbons (Fsp3) is 0.250. The lowest BCUT2D eigenvalue weighted by molar-refractivity contribution is -0.123. The zero-order chi connectivity index (χ0) is 21.1. The highest BCUT2D eigenvalue weighted by atomic mass is 16.5. The molecule has 0 radical (unpaired) electrons. The van der Waals surface area contributed by atoms with Crippen LogP contribution in [0, 0.1) is 13.8 Å². The molecule has 1 N–H and O–H groups in total. The molecule has 2 heterocycles. The molecule has 29 heavy (non-hydrogen) atoms. The molecule has 9 heteroatoms. The van der Waals surface area contributed by atoms with Gasteiger partial charge in [-0.1, -0.05) is 18.2 Å². The molecule has 0 aliphatic heterocycles. The molecule has 150 valence electrons. The number of ether oxygens (including phenoxy) is 1. The number of hydrogen-bond acceptors (Lipinski definition) is 6. The van der Waals surface area contributed by atoms with Gasteiger partial charge in [-0.2, -0.15) is 0 Å². The fourth-order valence-corrected chi connectivity index (χ4v) is 2.71.